The molecule has 0 atom stereocenters. The summed E-state index contributed by atoms with van der Waals surface area (Å²) in [6, 6.07) is 8.22. The largest absolute Gasteiger partial charge is 0.454 e. The maximum Gasteiger partial charge on any atom is 0.225 e. The van der Waals surface area contributed by atoms with E-state index >= 15 is 0 Å². The standard InChI is InChI=1S/C16H20N4O/c1-12-3-2-4-14(9-12)21-15-10-18-16(19-11-15)20-7-5-13(17)6-8-20/h2-4,9-11,13H,5-8,17H2,1H3. The van der Waals surface area contributed by atoms with Crippen molar-refractivity contribution in [1.29, 1.82) is 0 Å². The normalized spacial score (nSPS) is 16.0. The van der Waals surface area contributed by atoms with E-state index < -0.39 is 0 Å². The number of ether oxygens (including phenoxy) is 1. The van der Waals surface area contributed by atoms with E-state index in [9.17, 15) is 0 Å². The maximum atomic E-state index is 5.91. The molecule has 3 rings (SSSR count). The van der Waals surface area contributed by atoms with E-state index in [2.05, 4.69) is 14.9 Å². The van der Waals surface area contributed by atoms with E-state index in [1.807, 2.05) is 31.2 Å². The predicted molar refractivity (Wildman–Crippen MR) is 82.7 cm³/mol. The highest BCUT2D eigenvalue weighted by molar-refractivity contribution is 5.35. The van der Waals surface area contributed by atoms with E-state index in [-0.39, 0.29) is 0 Å². The zero-order valence-electron chi connectivity index (χ0n) is 12.2. The molecule has 110 valence electrons. The van der Waals surface area contributed by atoms with Gasteiger partial charge in [-0.3, -0.25) is 0 Å². The predicted octanol–water partition coefficient (Wildman–Crippen LogP) is 2.50. The van der Waals surface area contributed by atoms with Gasteiger partial charge in [-0.25, -0.2) is 9.97 Å². The average Bonchev–Trinajstić information content (AvgIpc) is 2.49. The molecule has 2 N–H and O–H groups in total. The smallest absolute Gasteiger partial charge is 0.225 e. The number of benzene rings is 1. The minimum Gasteiger partial charge on any atom is -0.454 e. The second kappa shape index (κ2) is 6.10. The molecule has 21 heavy (non-hydrogen) atoms. The molecule has 0 radical (unpaired) electrons. The van der Waals surface area contributed by atoms with Gasteiger partial charge in [0.25, 0.3) is 0 Å². The van der Waals surface area contributed by atoms with Crippen LogP contribution in [-0.4, -0.2) is 29.1 Å². The number of rotatable bonds is 3. The topological polar surface area (TPSA) is 64.3 Å². The van der Waals surface area contributed by atoms with Crippen molar-refractivity contribution in [3.8, 4) is 11.5 Å². The van der Waals surface area contributed by atoms with E-state index in [1.165, 1.54) is 0 Å². The molecule has 1 aromatic heterocycles. The maximum absolute atomic E-state index is 5.91. The van der Waals surface area contributed by atoms with Gasteiger partial charge in [-0.2, -0.15) is 0 Å². The molecule has 1 aliphatic heterocycles. The molecular weight excluding hydrogens is 264 g/mol. The highest BCUT2D eigenvalue weighted by Crippen LogP contribution is 2.22. The van der Waals surface area contributed by atoms with Gasteiger partial charge in [0.05, 0.1) is 12.4 Å². The van der Waals surface area contributed by atoms with Gasteiger partial charge in [-0.05, 0) is 37.5 Å². The van der Waals surface area contributed by atoms with Crippen LogP contribution in [0.5, 0.6) is 11.5 Å². The van der Waals surface area contributed by atoms with Crippen molar-refractivity contribution in [2.75, 3.05) is 18.0 Å². The van der Waals surface area contributed by atoms with Gasteiger partial charge in [0, 0.05) is 19.1 Å². The Bertz CT molecular complexity index is 591. The third kappa shape index (κ3) is 3.49. The molecule has 0 bridgehead atoms. The number of aryl methyl sites for hydroxylation is 1. The highest BCUT2D eigenvalue weighted by atomic mass is 16.5. The van der Waals surface area contributed by atoms with Gasteiger partial charge in [0.2, 0.25) is 5.95 Å². The minimum atomic E-state index is 0.310. The summed E-state index contributed by atoms with van der Waals surface area (Å²) in [7, 11) is 0. The molecule has 1 aliphatic rings. The lowest BCUT2D eigenvalue weighted by atomic mass is 10.1. The van der Waals surface area contributed by atoms with Gasteiger partial charge < -0.3 is 15.4 Å². The van der Waals surface area contributed by atoms with Crippen molar-refractivity contribution in [2.24, 2.45) is 5.73 Å². The van der Waals surface area contributed by atoms with Crippen LogP contribution in [0.4, 0.5) is 5.95 Å². The van der Waals surface area contributed by atoms with Crippen LogP contribution in [0.3, 0.4) is 0 Å². The zero-order chi connectivity index (χ0) is 14.7. The molecular formula is C16H20N4O. The number of hydrogen-bond acceptors (Lipinski definition) is 5. The van der Waals surface area contributed by atoms with Crippen molar-refractivity contribution >= 4 is 5.95 Å². The van der Waals surface area contributed by atoms with Crippen LogP contribution in [0.2, 0.25) is 0 Å². The first-order chi connectivity index (χ1) is 10.2. The fraction of sp³-hybridized carbons (Fsp3) is 0.375. The van der Waals surface area contributed by atoms with Crippen LogP contribution in [0.15, 0.2) is 36.7 Å². The van der Waals surface area contributed by atoms with Crippen LogP contribution in [0.1, 0.15) is 18.4 Å². The summed E-state index contributed by atoms with van der Waals surface area (Å²) >= 11 is 0. The Labute approximate surface area is 124 Å². The molecule has 5 nitrogen and oxygen atoms in total. The second-order valence-corrected chi connectivity index (χ2v) is 5.46. The van der Waals surface area contributed by atoms with Crippen LogP contribution in [0, 0.1) is 6.92 Å². The molecule has 1 fully saturated rings. The summed E-state index contributed by atoms with van der Waals surface area (Å²) in [4.78, 5) is 11.0. The number of nitrogens with zero attached hydrogens (tertiary/aromatic N) is 3. The molecule has 1 aromatic carbocycles. The fourth-order valence-corrected chi connectivity index (χ4v) is 2.44. The van der Waals surface area contributed by atoms with Crippen LogP contribution in [0.25, 0.3) is 0 Å². The van der Waals surface area contributed by atoms with Crippen molar-refractivity contribution in [1.82, 2.24) is 9.97 Å². The first kappa shape index (κ1) is 13.8. The Morgan fingerprint density at radius 1 is 1.14 bits per heavy atom. The van der Waals surface area contributed by atoms with E-state index in [4.69, 9.17) is 10.5 Å². The van der Waals surface area contributed by atoms with Crippen molar-refractivity contribution in [3.63, 3.8) is 0 Å². The number of hydrogen-bond donors (Lipinski definition) is 1. The number of nitrogens with two attached hydrogens (primary N) is 1. The van der Waals surface area contributed by atoms with Crippen molar-refractivity contribution in [3.05, 3.63) is 42.2 Å². The SMILES string of the molecule is Cc1cccc(Oc2cnc(N3CCC(N)CC3)nc2)c1. The first-order valence-corrected chi connectivity index (χ1v) is 7.28. The average molecular weight is 284 g/mol. The Hall–Kier alpha value is -2.14. The lowest BCUT2D eigenvalue weighted by Gasteiger charge is -2.29. The van der Waals surface area contributed by atoms with Crippen molar-refractivity contribution in [2.45, 2.75) is 25.8 Å². The van der Waals surface area contributed by atoms with Gasteiger partial charge >= 0.3 is 0 Å². The molecule has 5 heteroatoms. The summed E-state index contributed by atoms with van der Waals surface area (Å²) in [6.45, 7) is 3.87. The summed E-state index contributed by atoms with van der Waals surface area (Å²) in [5, 5.41) is 0. The van der Waals surface area contributed by atoms with Crippen LogP contribution >= 0.6 is 0 Å². The summed E-state index contributed by atoms with van der Waals surface area (Å²) in [5.74, 6) is 2.20. The first-order valence-electron chi connectivity index (χ1n) is 7.28. The molecule has 0 unspecified atom stereocenters. The molecule has 1 saturated heterocycles. The molecule has 0 spiro atoms. The Morgan fingerprint density at radius 2 is 1.86 bits per heavy atom. The molecule has 0 amide bonds. The lowest BCUT2D eigenvalue weighted by molar-refractivity contribution is 0.473. The summed E-state index contributed by atoms with van der Waals surface area (Å²) in [5.41, 5.74) is 7.07. The number of aromatic nitrogens is 2. The van der Waals surface area contributed by atoms with Crippen LogP contribution in [-0.2, 0) is 0 Å². The molecule has 0 saturated carbocycles. The molecule has 2 aromatic rings. The van der Waals surface area contributed by atoms with Gasteiger partial charge in [0.15, 0.2) is 5.75 Å². The highest BCUT2D eigenvalue weighted by Gasteiger charge is 2.18. The lowest BCUT2D eigenvalue weighted by Crippen LogP contribution is -2.40. The Kier molecular flexibility index (Phi) is 4.01. The summed E-state index contributed by atoms with van der Waals surface area (Å²) < 4.78 is 5.76. The summed E-state index contributed by atoms with van der Waals surface area (Å²) in [6.07, 6.45) is 5.42. The minimum absolute atomic E-state index is 0.310. The van der Waals surface area contributed by atoms with E-state index in [1.54, 1.807) is 12.4 Å². The second-order valence-electron chi connectivity index (χ2n) is 5.46. The van der Waals surface area contributed by atoms with E-state index in [0.717, 1.165) is 43.2 Å². The third-order valence-corrected chi connectivity index (χ3v) is 3.66. The third-order valence-electron chi connectivity index (χ3n) is 3.66. The van der Waals surface area contributed by atoms with Gasteiger partial charge in [-0.15, -0.1) is 0 Å². The molecule has 0 aliphatic carbocycles. The fourth-order valence-electron chi connectivity index (χ4n) is 2.44. The van der Waals surface area contributed by atoms with E-state index in [0.29, 0.717) is 11.8 Å². The van der Waals surface area contributed by atoms with Gasteiger partial charge in [-0.1, -0.05) is 12.1 Å². The quantitative estimate of drug-likeness (QED) is 0.938. The number of anilines is 1. The van der Waals surface area contributed by atoms with Crippen molar-refractivity contribution < 1.29 is 4.74 Å². The van der Waals surface area contributed by atoms with Crippen LogP contribution < -0.4 is 15.4 Å². The number of piperidine rings is 1. The Balaban J connectivity index is 1.66. The molecule has 2 heterocycles. The Morgan fingerprint density at radius 3 is 2.52 bits per heavy atom. The van der Waals surface area contributed by atoms with Gasteiger partial charge in [0.1, 0.15) is 5.75 Å². The zero-order valence-corrected chi connectivity index (χ0v) is 12.2. The monoisotopic (exact) mass is 284 g/mol.